The number of carbonyl (C=O) groups is 2. The van der Waals surface area contributed by atoms with Gasteiger partial charge in [-0.15, -0.1) is 0 Å². The zero-order chi connectivity index (χ0) is 15.2. The van der Waals surface area contributed by atoms with Gasteiger partial charge in [0.1, 0.15) is 0 Å². The minimum absolute atomic E-state index is 0.0613. The maximum atomic E-state index is 12.0. The molecule has 0 aromatic rings. The van der Waals surface area contributed by atoms with Crippen LogP contribution < -0.4 is 0 Å². The molecule has 0 bridgehead atoms. The minimum atomic E-state index is -1.62. The number of hydrogen-bond donors (Lipinski definition) is 2. The van der Waals surface area contributed by atoms with E-state index >= 15 is 0 Å². The first-order valence-electron chi connectivity index (χ1n) is 7.55. The molecule has 2 unspecified atom stereocenters. The lowest BCUT2D eigenvalue weighted by atomic mass is 9.78. The predicted molar refractivity (Wildman–Crippen MR) is 74.2 cm³/mol. The van der Waals surface area contributed by atoms with Crippen LogP contribution in [0.25, 0.3) is 0 Å². The van der Waals surface area contributed by atoms with Crippen molar-refractivity contribution in [3.05, 3.63) is 0 Å². The molecule has 20 heavy (non-hydrogen) atoms. The van der Waals surface area contributed by atoms with Crippen molar-refractivity contribution in [2.75, 3.05) is 6.61 Å². The van der Waals surface area contributed by atoms with Crippen molar-refractivity contribution >= 4 is 11.9 Å². The Morgan fingerprint density at radius 2 is 1.90 bits per heavy atom. The predicted octanol–water partition coefficient (Wildman–Crippen LogP) is 2.36. The van der Waals surface area contributed by atoms with Gasteiger partial charge in [-0.1, -0.05) is 32.6 Å². The van der Waals surface area contributed by atoms with E-state index < -0.39 is 23.5 Å². The molecule has 2 atom stereocenters. The van der Waals surface area contributed by atoms with Crippen molar-refractivity contribution in [3.8, 4) is 0 Å². The molecule has 0 radical (unpaired) electrons. The average molecular weight is 286 g/mol. The van der Waals surface area contributed by atoms with E-state index in [1.165, 1.54) is 12.8 Å². The minimum Gasteiger partial charge on any atom is -0.480 e. The van der Waals surface area contributed by atoms with Crippen LogP contribution in [0, 0.1) is 11.3 Å². The maximum Gasteiger partial charge on any atom is 0.323 e. The fourth-order valence-corrected chi connectivity index (χ4v) is 3.08. The molecular weight excluding hydrogens is 260 g/mol. The Bertz CT molecular complexity index is 335. The van der Waals surface area contributed by atoms with Gasteiger partial charge in [-0.25, -0.2) is 0 Å². The molecule has 1 saturated carbocycles. The summed E-state index contributed by atoms with van der Waals surface area (Å²) in [4.78, 5) is 23.5. The molecule has 116 valence electrons. The highest BCUT2D eigenvalue weighted by Gasteiger charge is 2.47. The van der Waals surface area contributed by atoms with Gasteiger partial charge in [0, 0.05) is 6.42 Å². The van der Waals surface area contributed by atoms with Gasteiger partial charge in [-0.05, 0) is 25.7 Å². The smallest absolute Gasteiger partial charge is 0.323 e. The van der Waals surface area contributed by atoms with Gasteiger partial charge in [-0.3, -0.25) is 9.59 Å². The first kappa shape index (κ1) is 17.0. The number of aliphatic hydroxyl groups excluding tert-OH is 1. The third kappa shape index (κ3) is 3.95. The summed E-state index contributed by atoms with van der Waals surface area (Å²) < 4.78 is 4.90. The first-order chi connectivity index (χ1) is 9.46. The van der Waals surface area contributed by atoms with Crippen LogP contribution in [0.3, 0.4) is 0 Å². The van der Waals surface area contributed by atoms with E-state index in [4.69, 9.17) is 4.74 Å². The Labute approximate surface area is 120 Å². The summed E-state index contributed by atoms with van der Waals surface area (Å²) in [7, 11) is 0. The number of aliphatic carboxylic acids is 1. The van der Waals surface area contributed by atoms with Gasteiger partial charge in [0.15, 0.2) is 5.41 Å². The molecule has 0 heterocycles. The van der Waals surface area contributed by atoms with Crippen LogP contribution >= 0.6 is 0 Å². The number of carboxylic acids is 1. The van der Waals surface area contributed by atoms with Crippen LogP contribution in [-0.2, 0) is 14.3 Å². The highest BCUT2D eigenvalue weighted by molar-refractivity contribution is 5.99. The number of rotatable bonds is 8. The standard InChI is InChI=1S/C15H26O5/c1-3-15(13(17)18,14(19)20-4-2)10-12(16)9-11-7-5-6-8-11/h11-12,16H,3-10H2,1-2H3,(H,17,18). The van der Waals surface area contributed by atoms with Gasteiger partial charge in [0.25, 0.3) is 0 Å². The zero-order valence-electron chi connectivity index (χ0n) is 12.4. The Morgan fingerprint density at radius 3 is 2.35 bits per heavy atom. The second-order valence-electron chi connectivity index (χ2n) is 5.71. The fraction of sp³-hybridized carbons (Fsp3) is 0.867. The van der Waals surface area contributed by atoms with Gasteiger partial charge >= 0.3 is 11.9 Å². The second-order valence-corrected chi connectivity index (χ2v) is 5.71. The fourth-order valence-electron chi connectivity index (χ4n) is 3.08. The van der Waals surface area contributed by atoms with Gasteiger partial charge in [-0.2, -0.15) is 0 Å². The van der Waals surface area contributed by atoms with E-state index in [1.54, 1.807) is 13.8 Å². The van der Waals surface area contributed by atoms with Gasteiger partial charge < -0.3 is 14.9 Å². The summed E-state index contributed by atoms with van der Waals surface area (Å²) in [6.07, 6.45) is 4.40. The molecule has 0 aromatic heterocycles. The number of esters is 1. The lowest BCUT2D eigenvalue weighted by Crippen LogP contribution is -2.43. The molecule has 2 N–H and O–H groups in total. The number of ether oxygens (including phenoxy) is 1. The van der Waals surface area contributed by atoms with E-state index in [9.17, 15) is 19.8 Å². The third-order valence-electron chi connectivity index (χ3n) is 4.34. The maximum absolute atomic E-state index is 12.0. The lowest BCUT2D eigenvalue weighted by molar-refractivity contribution is -0.171. The molecule has 0 saturated heterocycles. The van der Waals surface area contributed by atoms with Crippen LogP contribution in [0.2, 0.25) is 0 Å². The van der Waals surface area contributed by atoms with Crippen molar-refractivity contribution in [2.24, 2.45) is 11.3 Å². The van der Waals surface area contributed by atoms with Crippen molar-refractivity contribution in [1.29, 1.82) is 0 Å². The summed E-state index contributed by atoms with van der Waals surface area (Å²) in [5, 5.41) is 19.6. The molecule has 1 aliphatic carbocycles. The molecule has 5 nitrogen and oxygen atoms in total. The Balaban J connectivity index is 2.72. The zero-order valence-corrected chi connectivity index (χ0v) is 12.4. The lowest BCUT2D eigenvalue weighted by Gasteiger charge is -2.28. The van der Waals surface area contributed by atoms with E-state index in [0.717, 1.165) is 12.8 Å². The van der Waals surface area contributed by atoms with Gasteiger partial charge in [0.2, 0.25) is 0 Å². The molecule has 0 aliphatic heterocycles. The second kappa shape index (κ2) is 7.62. The molecule has 1 fully saturated rings. The number of carbonyl (C=O) groups excluding carboxylic acids is 1. The summed E-state index contributed by atoms with van der Waals surface area (Å²) in [5.41, 5.74) is -1.62. The molecule has 0 aromatic carbocycles. The Kier molecular flexibility index (Phi) is 6.46. The average Bonchev–Trinajstić information content (AvgIpc) is 2.88. The number of carboxylic acid groups (broad SMARTS) is 1. The van der Waals surface area contributed by atoms with Crippen LogP contribution in [-0.4, -0.2) is 34.9 Å². The number of hydrogen-bond acceptors (Lipinski definition) is 4. The Hall–Kier alpha value is -1.10. The summed E-state index contributed by atoms with van der Waals surface area (Å²) in [6.45, 7) is 3.44. The molecular formula is C15H26O5. The van der Waals surface area contributed by atoms with Crippen LogP contribution in [0.5, 0.6) is 0 Å². The van der Waals surface area contributed by atoms with E-state index in [-0.39, 0.29) is 19.4 Å². The summed E-state index contributed by atoms with van der Waals surface area (Å²) in [5.74, 6) is -1.49. The Morgan fingerprint density at radius 1 is 1.30 bits per heavy atom. The first-order valence-corrected chi connectivity index (χ1v) is 7.55. The van der Waals surface area contributed by atoms with Crippen molar-refractivity contribution in [3.63, 3.8) is 0 Å². The van der Waals surface area contributed by atoms with Crippen LogP contribution in [0.4, 0.5) is 0 Å². The quantitative estimate of drug-likeness (QED) is 0.528. The van der Waals surface area contributed by atoms with Crippen LogP contribution in [0.1, 0.15) is 58.8 Å². The normalized spacial score (nSPS) is 20.4. The van der Waals surface area contributed by atoms with Crippen molar-refractivity contribution in [1.82, 2.24) is 0 Å². The molecule has 1 rings (SSSR count). The van der Waals surface area contributed by atoms with E-state index in [1.807, 2.05) is 0 Å². The molecule has 0 amide bonds. The van der Waals surface area contributed by atoms with Gasteiger partial charge in [0.05, 0.1) is 12.7 Å². The van der Waals surface area contributed by atoms with Crippen LogP contribution in [0.15, 0.2) is 0 Å². The van der Waals surface area contributed by atoms with E-state index in [0.29, 0.717) is 12.3 Å². The third-order valence-corrected chi connectivity index (χ3v) is 4.34. The topological polar surface area (TPSA) is 83.8 Å². The molecule has 0 spiro atoms. The summed E-state index contributed by atoms with van der Waals surface area (Å²) >= 11 is 0. The highest BCUT2D eigenvalue weighted by atomic mass is 16.5. The molecule has 1 aliphatic rings. The monoisotopic (exact) mass is 286 g/mol. The highest BCUT2D eigenvalue weighted by Crippen LogP contribution is 2.35. The SMILES string of the molecule is CCOC(=O)C(CC)(CC(O)CC1CCCC1)C(=O)O. The van der Waals surface area contributed by atoms with Crippen molar-refractivity contribution < 1.29 is 24.5 Å². The van der Waals surface area contributed by atoms with E-state index in [2.05, 4.69) is 0 Å². The van der Waals surface area contributed by atoms with Crippen molar-refractivity contribution in [2.45, 2.75) is 64.9 Å². The largest absolute Gasteiger partial charge is 0.480 e. The number of aliphatic hydroxyl groups is 1. The summed E-state index contributed by atoms with van der Waals surface area (Å²) in [6, 6.07) is 0. The molecule has 5 heteroatoms.